The van der Waals surface area contributed by atoms with Gasteiger partial charge in [-0.2, -0.15) is 0 Å². The van der Waals surface area contributed by atoms with Crippen molar-refractivity contribution >= 4 is 21.8 Å². The molecule has 1 N–H and O–H groups in total. The SMILES string of the molecule is CCNC(=O)c1cc(F)c(C)cc1Br. The molecule has 0 bridgehead atoms. The second kappa shape index (κ2) is 4.55. The molecule has 1 amide bonds. The van der Waals surface area contributed by atoms with Crippen molar-refractivity contribution in [2.75, 3.05) is 6.54 Å². The molecular weight excluding hydrogens is 249 g/mol. The van der Waals surface area contributed by atoms with Gasteiger partial charge in [0, 0.05) is 11.0 Å². The number of hydrogen-bond acceptors (Lipinski definition) is 1. The quantitative estimate of drug-likeness (QED) is 0.870. The molecule has 0 unspecified atom stereocenters. The largest absolute Gasteiger partial charge is 0.352 e. The molecule has 0 aromatic heterocycles. The third kappa shape index (κ3) is 2.32. The van der Waals surface area contributed by atoms with E-state index in [4.69, 9.17) is 0 Å². The summed E-state index contributed by atoms with van der Waals surface area (Å²) < 4.78 is 13.8. The summed E-state index contributed by atoms with van der Waals surface area (Å²) in [7, 11) is 0. The van der Waals surface area contributed by atoms with Gasteiger partial charge >= 0.3 is 0 Å². The van der Waals surface area contributed by atoms with Gasteiger partial charge in [0.1, 0.15) is 5.82 Å². The van der Waals surface area contributed by atoms with Gasteiger partial charge in [0.15, 0.2) is 0 Å². The minimum atomic E-state index is -0.366. The summed E-state index contributed by atoms with van der Waals surface area (Å²) in [4.78, 5) is 11.4. The van der Waals surface area contributed by atoms with E-state index in [9.17, 15) is 9.18 Å². The van der Waals surface area contributed by atoms with E-state index in [2.05, 4.69) is 21.2 Å². The number of amides is 1. The first-order valence-electron chi connectivity index (χ1n) is 4.30. The summed E-state index contributed by atoms with van der Waals surface area (Å²) in [5, 5.41) is 2.61. The van der Waals surface area contributed by atoms with Gasteiger partial charge in [0.25, 0.3) is 5.91 Å². The molecule has 2 nitrogen and oxygen atoms in total. The number of carbonyl (C=O) groups is 1. The topological polar surface area (TPSA) is 29.1 Å². The van der Waals surface area contributed by atoms with Crippen molar-refractivity contribution in [3.8, 4) is 0 Å². The Balaban J connectivity index is 3.09. The third-order valence-electron chi connectivity index (χ3n) is 1.83. The summed E-state index contributed by atoms with van der Waals surface area (Å²) in [6.07, 6.45) is 0. The Labute approximate surface area is 90.6 Å². The fourth-order valence-electron chi connectivity index (χ4n) is 1.08. The van der Waals surface area contributed by atoms with Crippen LogP contribution in [0.25, 0.3) is 0 Å². The number of halogens is 2. The van der Waals surface area contributed by atoms with Gasteiger partial charge in [-0.3, -0.25) is 4.79 Å². The van der Waals surface area contributed by atoms with E-state index in [1.165, 1.54) is 6.07 Å². The van der Waals surface area contributed by atoms with Crippen molar-refractivity contribution in [1.82, 2.24) is 5.32 Å². The molecule has 0 atom stereocenters. The molecule has 0 spiro atoms. The third-order valence-corrected chi connectivity index (χ3v) is 2.49. The Morgan fingerprint density at radius 1 is 1.57 bits per heavy atom. The van der Waals surface area contributed by atoms with E-state index >= 15 is 0 Å². The molecule has 0 aliphatic rings. The van der Waals surface area contributed by atoms with Crippen LogP contribution in [0.2, 0.25) is 0 Å². The summed E-state index contributed by atoms with van der Waals surface area (Å²) in [6, 6.07) is 2.84. The molecule has 0 saturated carbocycles. The van der Waals surface area contributed by atoms with Crippen LogP contribution >= 0.6 is 15.9 Å². The highest BCUT2D eigenvalue weighted by molar-refractivity contribution is 9.10. The van der Waals surface area contributed by atoms with Gasteiger partial charge in [-0.25, -0.2) is 4.39 Å². The second-order valence-electron chi connectivity index (χ2n) is 2.94. The first-order valence-corrected chi connectivity index (χ1v) is 5.09. The van der Waals surface area contributed by atoms with Crippen molar-refractivity contribution in [3.63, 3.8) is 0 Å². The fraction of sp³-hybridized carbons (Fsp3) is 0.300. The maximum absolute atomic E-state index is 13.2. The van der Waals surface area contributed by atoms with Crippen LogP contribution in [0.3, 0.4) is 0 Å². The first-order chi connectivity index (χ1) is 6.56. The van der Waals surface area contributed by atoms with Crippen LogP contribution in [-0.2, 0) is 0 Å². The van der Waals surface area contributed by atoms with E-state index in [1.807, 2.05) is 6.92 Å². The molecule has 0 fully saturated rings. The Morgan fingerprint density at radius 3 is 2.79 bits per heavy atom. The molecule has 0 aliphatic carbocycles. The van der Waals surface area contributed by atoms with Crippen molar-refractivity contribution < 1.29 is 9.18 Å². The Morgan fingerprint density at radius 2 is 2.21 bits per heavy atom. The molecule has 1 aromatic rings. The molecule has 76 valence electrons. The average molecular weight is 260 g/mol. The number of carbonyl (C=O) groups excluding carboxylic acids is 1. The lowest BCUT2D eigenvalue weighted by Crippen LogP contribution is -2.23. The van der Waals surface area contributed by atoms with Crippen LogP contribution in [0.1, 0.15) is 22.8 Å². The molecule has 4 heteroatoms. The van der Waals surface area contributed by atoms with E-state index in [0.717, 1.165) is 0 Å². The van der Waals surface area contributed by atoms with Crippen LogP contribution in [0, 0.1) is 12.7 Å². The van der Waals surface area contributed by atoms with Crippen molar-refractivity contribution in [3.05, 3.63) is 33.5 Å². The molecule has 0 radical (unpaired) electrons. The summed E-state index contributed by atoms with van der Waals surface area (Å²) in [6.45, 7) is 4.00. The van der Waals surface area contributed by atoms with Crippen molar-refractivity contribution in [2.24, 2.45) is 0 Å². The second-order valence-corrected chi connectivity index (χ2v) is 3.80. The number of benzene rings is 1. The zero-order chi connectivity index (χ0) is 10.7. The summed E-state index contributed by atoms with van der Waals surface area (Å²) >= 11 is 3.22. The lowest BCUT2D eigenvalue weighted by molar-refractivity contribution is 0.0954. The maximum Gasteiger partial charge on any atom is 0.252 e. The van der Waals surface area contributed by atoms with Crippen LogP contribution in [0.5, 0.6) is 0 Å². The zero-order valence-corrected chi connectivity index (χ0v) is 9.61. The average Bonchev–Trinajstić information content (AvgIpc) is 2.11. The highest BCUT2D eigenvalue weighted by Gasteiger charge is 2.11. The molecule has 1 rings (SSSR count). The normalized spacial score (nSPS) is 10.0. The number of aryl methyl sites for hydroxylation is 1. The lowest BCUT2D eigenvalue weighted by atomic mass is 10.1. The van der Waals surface area contributed by atoms with Gasteiger partial charge in [0.2, 0.25) is 0 Å². The molecular formula is C10H11BrFNO. The van der Waals surface area contributed by atoms with Gasteiger partial charge in [-0.15, -0.1) is 0 Å². The Hall–Kier alpha value is -0.900. The van der Waals surface area contributed by atoms with Crippen LogP contribution < -0.4 is 5.32 Å². The molecule has 0 aliphatic heterocycles. The monoisotopic (exact) mass is 259 g/mol. The van der Waals surface area contributed by atoms with Gasteiger partial charge < -0.3 is 5.32 Å². The summed E-state index contributed by atoms with van der Waals surface area (Å²) in [5.41, 5.74) is 0.847. The first kappa shape index (κ1) is 11.2. The van der Waals surface area contributed by atoms with Crippen molar-refractivity contribution in [2.45, 2.75) is 13.8 Å². The van der Waals surface area contributed by atoms with Crippen LogP contribution in [0.15, 0.2) is 16.6 Å². The molecule has 14 heavy (non-hydrogen) atoms. The maximum atomic E-state index is 13.2. The molecule has 0 heterocycles. The predicted molar refractivity (Wildman–Crippen MR) is 56.8 cm³/mol. The van der Waals surface area contributed by atoms with Gasteiger partial charge in [0.05, 0.1) is 5.56 Å². The number of hydrogen-bond donors (Lipinski definition) is 1. The zero-order valence-electron chi connectivity index (χ0n) is 8.03. The van der Waals surface area contributed by atoms with Crippen LogP contribution in [0.4, 0.5) is 4.39 Å². The Kier molecular flexibility index (Phi) is 3.63. The summed E-state index contributed by atoms with van der Waals surface area (Å²) in [5.74, 6) is -0.632. The smallest absolute Gasteiger partial charge is 0.252 e. The lowest BCUT2D eigenvalue weighted by Gasteiger charge is -2.06. The highest BCUT2D eigenvalue weighted by Crippen LogP contribution is 2.20. The van der Waals surface area contributed by atoms with Crippen molar-refractivity contribution in [1.29, 1.82) is 0 Å². The molecule has 1 aromatic carbocycles. The fourth-order valence-corrected chi connectivity index (χ4v) is 1.71. The van der Waals surface area contributed by atoms with Gasteiger partial charge in [-0.1, -0.05) is 0 Å². The van der Waals surface area contributed by atoms with Gasteiger partial charge in [-0.05, 0) is 47.5 Å². The van der Waals surface area contributed by atoms with E-state index in [0.29, 0.717) is 22.1 Å². The van der Waals surface area contributed by atoms with Crippen LogP contribution in [-0.4, -0.2) is 12.5 Å². The van der Waals surface area contributed by atoms with E-state index in [1.54, 1.807) is 13.0 Å². The number of rotatable bonds is 2. The predicted octanol–water partition coefficient (Wildman–Crippen LogP) is 2.65. The Bertz CT molecular complexity index is 365. The van der Waals surface area contributed by atoms with E-state index in [-0.39, 0.29) is 11.7 Å². The standard InChI is InChI=1S/C10H11BrFNO/c1-3-13-10(14)7-5-9(12)6(2)4-8(7)11/h4-5H,3H2,1-2H3,(H,13,14). The highest BCUT2D eigenvalue weighted by atomic mass is 79.9. The number of nitrogens with one attached hydrogen (secondary N) is 1. The van der Waals surface area contributed by atoms with E-state index < -0.39 is 0 Å². The minimum Gasteiger partial charge on any atom is -0.352 e. The molecule has 0 saturated heterocycles. The minimum absolute atomic E-state index is 0.265.